The van der Waals surface area contributed by atoms with Crippen molar-refractivity contribution < 1.29 is 17.6 Å². The van der Waals surface area contributed by atoms with Crippen molar-refractivity contribution in [3.63, 3.8) is 0 Å². The summed E-state index contributed by atoms with van der Waals surface area (Å²) in [4.78, 5) is 7.63. The lowest BCUT2D eigenvalue weighted by atomic mass is 10.2. The van der Waals surface area contributed by atoms with E-state index in [0.717, 1.165) is 0 Å². The molecule has 3 aromatic rings. The third-order valence-electron chi connectivity index (χ3n) is 2.78. The fourth-order valence-electron chi connectivity index (χ4n) is 1.85. The van der Waals surface area contributed by atoms with Crippen LogP contribution < -0.4 is 5.55 Å². The van der Waals surface area contributed by atoms with E-state index < -0.39 is 12.1 Å². The number of para-hydroxylation sites is 2. The topological polar surface area (TPSA) is 38.4 Å². The maximum absolute atomic E-state index is 12.8. The lowest BCUT2D eigenvalue weighted by Crippen LogP contribution is -2.14. The number of hydrogen-bond donors (Lipinski definition) is 0. The molecule has 0 bridgehead atoms. The Kier molecular flexibility index (Phi) is 3.21. The summed E-state index contributed by atoms with van der Waals surface area (Å²) in [6, 6.07) is 15.0. The Morgan fingerprint density at radius 1 is 0.905 bits per heavy atom. The largest absolute Gasteiger partial charge is 0.469 e. The Balaban J connectivity index is 2.32. The Bertz CT molecular complexity index is 839. The molecule has 2 aromatic carbocycles. The molecule has 0 saturated carbocycles. The maximum Gasteiger partial charge on any atom is 0.469 e. The lowest BCUT2D eigenvalue weighted by Gasteiger charge is -2.05. The molecule has 0 amide bonds. The quantitative estimate of drug-likeness (QED) is 0.677. The predicted molar refractivity (Wildman–Crippen MR) is 70.7 cm³/mol. The number of aromatic nitrogens is 1. The Hall–Kier alpha value is -2.63. The Labute approximate surface area is 117 Å². The van der Waals surface area contributed by atoms with Crippen molar-refractivity contribution in [2.75, 3.05) is 0 Å². The monoisotopic (exact) mass is 290 g/mol. The van der Waals surface area contributed by atoms with Crippen LogP contribution in [0.25, 0.3) is 10.9 Å². The lowest BCUT2D eigenvalue weighted by molar-refractivity contribution is -0.159. The maximum atomic E-state index is 12.8. The first-order chi connectivity index (χ1) is 10.0. The molecular weight excluding hydrogens is 281 g/mol. The summed E-state index contributed by atoms with van der Waals surface area (Å²) in [5.41, 5.74) is 0.579. The predicted octanol–water partition coefficient (Wildman–Crippen LogP) is 4.08. The van der Waals surface area contributed by atoms with Crippen molar-refractivity contribution in [2.45, 2.75) is 6.18 Å². The summed E-state index contributed by atoms with van der Waals surface area (Å²) >= 11 is 0. The molecule has 0 fully saturated rings. The van der Waals surface area contributed by atoms with Gasteiger partial charge in [-0.15, -0.1) is 0 Å². The molecule has 0 unspecified atom stereocenters. The zero-order valence-electron chi connectivity index (χ0n) is 10.6. The highest BCUT2D eigenvalue weighted by Crippen LogP contribution is 2.27. The van der Waals surface area contributed by atoms with Gasteiger partial charge in [-0.05, 0) is 24.3 Å². The zero-order chi connectivity index (χ0) is 14.9. The first-order valence-electron chi connectivity index (χ1n) is 6.11. The number of nitrogens with zero attached hydrogens (tertiary/aromatic N) is 2. The molecule has 3 nitrogen and oxygen atoms in total. The second kappa shape index (κ2) is 5.05. The van der Waals surface area contributed by atoms with Gasteiger partial charge in [-0.3, -0.25) is 0 Å². The second-order valence-corrected chi connectivity index (χ2v) is 4.29. The molecule has 0 aliphatic heterocycles. The van der Waals surface area contributed by atoms with E-state index in [-0.39, 0.29) is 11.1 Å². The highest BCUT2D eigenvalue weighted by atomic mass is 19.4. The van der Waals surface area contributed by atoms with Crippen molar-refractivity contribution in [3.8, 4) is 0 Å². The van der Waals surface area contributed by atoms with Gasteiger partial charge in [0.05, 0.1) is 16.6 Å². The number of rotatable bonds is 1. The fourth-order valence-corrected chi connectivity index (χ4v) is 1.85. The average molecular weight is 290 g/mol. The Morgan fingerprint density at radius 3 is 2.29 bits per heavy atom. The summed E-state index contributed by atoms with van der Waals surface area (Å²) in [5, 5.41) is 0.425. The molecule has 0 aliphatic rings. The highest BCUT2D eigenvalue weighted by Gasteiger charge is 2.36. The molecule has 21 heavy (non-hydrogen) atoms. The smallest absolute Gasteiger partial charge is 0.415 e. The van der Waals surface area contributed by atoms with Crippen LogP contribution in [0.5, 0.6) is 0 Å². The third-order valence-corrected chi connectivity index (χ3v) is 2.78. The molecule has 0 saturated heterocycles. The van der Waals surface area contributed by atoms with E-state index >= 15 is 0 Å². The van der Waals surface area contributed by atoms with Crippen molar-refractivity contribution >= 4 is 16.6 Å². The molecule has 106 valence electrons. The zero-order valence-corrected chi connectivity index (χ0v) is 10.6. The molecule has 6 heteroatoms. The number of alkyl halides is 3. The van der Waals surface area contributed by atoms with Crippen LogP contribution >= 0.6 is 0 Å². The molecule has 3 rings (SSSR count). The minimum atomic E-state index is -4.66. The molecule has 0 spiro atoms. The number of hydrogen-bond acceptors (Lipinski definition) is 3. The van der Waals surface area contributed by atoms with Crippen molar-refractivity contribution in [1.29, 1.82) is 0 Å². The van der Waals surface area contributed by atoms with Crippen LogP contribution in [0.3, 0.4) is 0 Å². The van der Waals surface area contributed by atoms with E-state index in [1.165, 1.54) is 6.07 Å². The van der Waals surface area contributed by atoms with Gasteiger partial charge in [0.1, 0.15) is 0 Å². The molecule has 0 atom stereocenters. The molecule has 0 aliphatic carbocycles. The number of fused-ring (bicyclic) bond motifs is 1. The summed E-state index contributed by atoms with van der Waals surface area (Å²) in [6.45, 7) is 0. The van der Waals surface area contributed by atoms with Gasteiger partial charge in [0.2, 0.25) is 5.55 Å². The molecule has 0 radical (unpaired) electrons. The van der Waals surface area contributed by atoms with Gasteiger partial charge in [0.15, 0.2) is 0 Å². The first kappa shape index (κ1) is 13.4. The van der Waals surface area contributed by atoms with E-state index in [0.29, 0.717) is 11.1 Å². The van der Waals surface area contributed by atoms with E-state index in [4.69, 9.17) is 4.42 Å². The fraction of sp³-hybridized carbons (Fsp3) is 0.0667. The van der Waals surface area contributed by atoms with Gasteiger partial charge in [0.25, 0.3) is 0 Å². The summed E-state index contributed by atoms with van der Waals surface area (Å²) in [7, 11) is 0. The first-order valence-corrected chi connectivity index (χ1v) is 6.11. The standard InChI is InChI=1S/C15H9F3N2O/c16-15(17,18)14-20-12-9-5-4-8-11(12)13(21-14)19-10-6-2-1-3-7-10/h1-9H. The van der Waals surface area contributed by atoms with Crippen LogP contribution in [0, 0.1) is 0 Å². The van der Waals surface area contributed by atoms with Crippen LogP contribution in [-0.4, -0.2) is 4.98 Å². The molecule has 1 aromatic heterocycles. The molecular formula is C15H9F3N2O. The van der Waals surface area contributed by atoms with Crippen LogP contribution in [0.15, 0.2) is 64.0 Å². The average Bonchev–Trinajstić information content (AvgIpc) is 2.47. The summed E-state index contributed by atoms with van der Waals surface area (Å²) in [6.07, 6.45) is -4.66. The van der Waals surface area contributed by atoms with Crippen molar-refractivity contribution in [1.82, 2.24) is 4.98 Å². The van der Waals surface area contributed by atoms with Gasteiger partial charge >= 0.3 is 12.1 Å². The summed E-state index contributed by atoms with van der Waals surface area (Å²) < 4.78 is 43.4. The van der Waals surface area contributed by atoms with E-state index in [9.17, 15) is 13.2 Å². The SMILES string of the molecule is FC(F)(F)c1nc2ccccc2c(=Nc2ccccc2)o1. The summed E-state index contributed by atoms with van der Waals surface area (Å²) in [5.74, 6) is -1.31. The van der Waals surface area contributed by atoms with Gasteiger partial charge in [-0.2, -0.15) is 13.2 Å². The van der Waals surface area contributed by atoms with E-state index in [1.807, 2.05) is 0 Å². The van der Waals surface area contributed by atoms with Gasteiger partial charge in [-0.1, -0.05) is 30.3 Å². The number of halogens is 3. The van der Waals surface area contributed by atoms with Gasteiger partial charge < -0.3 is 4.42 Å². The van der Waals surface area contributed by atoms with Crippen LogP contribution in [0.2, 0.25) is 0 Å². The normalized spacial score (nSPS) is 12.8. The van der Waals surface area contributed by atoms with Crippen molar-refractivity contribution in [3.05, 3.63) is 66.0 Å². The van der Waals surface area contributed by atoms with E-state index in [1.54, 1.807) is 48.5 Å². The highest BCUT2D eigenvalue weighted by molar-refractivity contribution is 5.76. The van der Waals surface area contributed by atoms with Gasteiger partial charge in [0, 0.05) is 0 Å². The molecule has 0 N–H and O–H groups in total. The third kappa shape index (κ3) is 2.79. The molecule has 1 heterocycles. The Morgan fingerprint density at radius 2 is 1.57 bits per heavy atom. The van der Waals surface area contributed by atoms with Crippen molar-refractivity contribution in [2.24, 2.45) is 4.99 Å². The van der Waals surface area contributed by atoms with E-state index in [2.05, 4.69) is 9.98 Å². The van der Waals surface area contributed by atoms with Crippen LogP contribution in [-0.2, 0) is 6.18 Å². The van der Waals surface area contributed by atoms with Crippen LogP contribution in [0.4, 0.5) is 18.9 Å². The van der Waals surface area contributed by atoms with Gasteiger partial charge in [-0.25, -0.2) is 9.98 Å². The second-order valence-electron chi connectivity index (χ2n) is 4.29. The minimum Gasteiger partial charge on any atom is -0.415 e. The minimum absolute atomic E-state index is 0.112. The number of benzene rings is 2. The van der Waals surface area contributed by atoms with Crippen LogP contribution in [0.1, 0.15) is 5.89 Å².